The Morgan fingerprint density at radius 1 is 1.55 bits per heavy atom. The number of anilines is 1. The minimum absolute atomic E-state index is 0.0248. The van der Waals surface area contributed by atoms with Crippen LogP contribution in [0.2, 0.25) is 0 Å². The van der Waals surface area contributed by atoms with E-state index >= 15 is 0 Å². The Kier molecular flexibility index (Phi) is 3.53. The summed E-state index contributed by atoms with van der Waals surface area (Å²) in [5.74, 6) is -1.93. The van der Waals surface area contributed by atoms with E-state index < -0.39 is 11.9 Å². The lowest BCUT2D eigenvalue weighted by Gasteiger charge is -2.41. The van der Waals surface area contributed by atoms with Gasteiger partial charge in [0.1, 0.15) is 11.1 Å². The first-order valence-corrected chi connectivity index (χ1v) is 7.44. The van der Waals surface area contributed by atoms with Gasteiger partial charge in [0.2, 0.25) is 11.9 Å². The van der Waals surface area contributed by atoms with E-state index in [4.69, 9.17) is 5.73 Å². The number of allylic oxidation sites excluding steroid dienone is 1. The van der Waals surface area contributed by atoms with Crippen molar-refractivity contribution in [1.82, 2.24) is 25.1 Å². The maximum absolute atomic E-state index is 11.9. The second kappa shape index (κ2) is 5.25. The molecule has 0 unspecified atom stereocenters. The number of aliphatic hydroxyl groups is 1. The van der Waals surface area contributed by atoms with Crippen molar-refractivity contribution < 1.29 is 19.8 Å². The molecule has 1 aromatic rings. The molecule has 0 spiro atoms. The number of hydrogen-bond acceptors (Lipinski definition) is 8. The lowest BCUT2D eigenvalue weighted by atomic mass is 9.98. The van der Waals surface area contributed by atoms with E-state index in [9.17, 15) is 19.8 Å². The monoisotopic (exact) mass is 326 g/mol. The summed E-state index contributed by atoms with van der Waals surface area (Å²) in [5.41, 5.74) is 5.61. The van der Waals surface area contributed by atoms with Gasteiger partial charge in [0.05, 0.1) is 18.6 Å². The number of nitrogens with two attached hydrogens (primary N) is 1. The molecule has 1 fully saturated rings. The highest BCUT2D eigenvalue weighted by molar-refractivity contribution is 8.04. The van der Waals surface area contributed by atoms with Gasteiger partial charge in [-0.25, -0.2) is 9.48 Å². The number of carbonyl (C=O) groups excluding carboxylic acids is 1. The summed E-state index contributed by atoms with van der Waals surface area (Å²) in [5, 5.41) is 29.0. The van der Waals surface area contributed by atoms with Gasteiger partial charge in [0.25, 0.3) is 0 Å². The summed E-state index contributed by atoms with van der Waals surface area (Å²) in [4.78, 5) is 25.2. The summed E-state index contributed by atoms with van der Waals surface area (Å²) >= 11 is 1.29. The smallest absolute Gasteiger partial charge is 0.353 e. The maximum Gasteiger partial charge on any atom is 0.353 e. The van der Waals surface area contributed by atoms with Crippen LogP contribution in [0.15, 0.2) is 10.6 Å². The van der Waals surface area contributed by atoms with Crippen LogP contribution in [-0.2, 0) is 9.59 Å². The van der Waals surface area contributed by atoms with Crippen LogP contribution in [0.1, 0.15) is 19.4 Å². The van der Waals surface area contributed by atoms with Gasteiger partial charge in [-0.05, 0) is 17.4 Å². The third-order valence-corrected chi connectivity index (χ3v) is 5.16. The molecule has 10 nitrogen and oxygen atoms in total. The third kappa shape index (κ3) is 2.04. The van der Waals surface area contributed by atoms with Crippen LogP contribution in [0.4, 0.5) is 5.95 Å². The standard InChI is InChI=1S/C11H14N6O4S/c1-4(17-11(12)13-14-15-17)2-6-7(10(20)21)16-8(19)5(3-18)9(16)22-6/h4-5,9,18H,2-3H2,1H3,(H,20,21)(H2,12,13,15)/t4-,5+,9-/m1/s1. The molecule has 1 saturated heterocycles. The highest BCUT2D eigenvalue weighted by atomic mass is 32.2. The van der Waals surface area contributed by atoms with Gasteiger partial charge < -0.3 is 15.9 Å². The molecule has 3 atom stereocenters. The second-order valence-corrected chi connectivity index (χ2v) is 6.33. The first kappa shape index (κ1) is 14.8. The van der Waals surface area contributed by atoms with Crippen molar-refractivity contribution in [1.29, 1.82) is 0 Å². The number of aliphatic hydroxyl groups excluding tert-OH is 1. The maximum atomic E-state index is 11.9. The Bertz CT molecular complexity index is 673. The Balaban J connectivity index is 1.85. The fourth-order valence-electron chi connectivity index (χ4n) is 2.64. The van der Waals surface area contributed by atoms with Crippen molar-refractivity contribution in [2.24, 2.45) is 5.92 Å². The van der Waals surface area contributed by atoms with Crippen molar-refractivity contribution in [3.8, 4) is 0 Å². The number of fused-ring (bicyclic) bond motifs is 1. The topological polar surface area (TPSA) is 147 Å². The van der Waals surface area contributed by atoms with Crippen LogP contribution in [0.25, 0.3) is 0 Å². The normalized spacial score (nSPS) is 25.2. The highest BCUT2D eigenvalue weighted by Crippen LogP contribution is 2.51. The molecule has 1 amide bonds. The zero-order valence-electron chi connectivity index (χ0n) is 11.6. The number of β-lactam (4-membered cyclic amide) rings is 1. The van der Waals surface area contributed by atoms with Crippen molar-refractivity contribution in [2.45, 2.75) is 24.8 Å². The highest BCUT2D eigenvalue weighted by Gasteiger charge is 2.55. The van der Waals surface area contributed by atoms with E-state index in [0.717, 1.165) is 0 Å². The Labute approximate surface area is 128 Å². The summed E-state index contributed by atoms with van der Waals surface area (Å²) in [6, 6.07) is -0.256. The van der Waals surface area contributed by atoms with E-state index in [1.165, 1.54) is 21.3 Å². The summed E-state index contributed by atoms with van der Waals surface area (Å²) in [6.45, 7) is 1.52. The molecule has 3 heterocycles. The first-order chi connectivity index (χ1) is 10.5. The first-order valence-electron chi connectivity index (χ1n) is 6.56. The molecule has 0 saturated carbocycles. The van der Waals surface area contributed by atoms with Crippen LogP contribution in [0.5, 0.6) is 0 Å². The van der Waals surface area contributed by atoms with Crippen LogP contribution < -0.4 is 5.73 Å². The number of amides is 1. The van der Waals surface area contributed by atoms with Crippen molar-refractivity contribution >= 4 is 29.6 Å². The summed E-state index contributed by atoms with van der Waals surface area (Å²) < 4.78 is 1.40. The van der Waals surface area contributed by atoms with E-state index in [1.807, 2.05) is 0 Å². The molecule has 0 bridgehead atoms. The van der Waals surface area contributed by atoms with Gasteiger partial charge in [-0.15, -0.1) is 11.8 Å². The quantitative estimate of drug-likeness (QED) is 0.581. The van der Waals surface area contributed by atoms with E-state index in [1.54, 1.807) is 6.92 Å². The van der Waals surface area contributed by atoms with Gasteiger partial charge in [-0.2, -0.15) is 0 Å². The molecule has 2 aliphatic heterocycles. The minimum atomic E-state index is -1.16. The fourth-order valence-corrected chi connectivity index (χ4v) is 4.24. The molecule has 0 aliphatic carbocycles. The molecule has 118 valence electrons. The predicted molar refractivity (Wildman–Crippen MR) is 75.0 cm³/mol. The zero-order chi connectivity index (χ0) is 16.0. The van der Waals surface area contributed by atoms with Gasteiger partial charge in [-0.1, -0.05) is 5.10 Å². The largest absolute Gasteiger partial charge is 0.477 e. The number of aliphatic carboxylic acids is 1. The summed E-state index contributed by atoms with van der Waals surface area (Å²) in [7, 11) is 0. The molecule has 3 rings (SSSR count). The number of tetrazole rings is 1. The average molecular weight is 326 g/mol. The molecule has 2 aliphatic rings. The lowest BCUT2D eigenvalue weighted by Crippen LogP contribution is -2.58. The molecule has 11 heteroatoms. The zero-order valence-corrected chi connectivity index (χ0v) is 12.4. The lowest BCUT2D eigenvalue weighted by molar-refractivity contribution is -0.153. The van der Waals surface area contributed by atoms with E-state index in [0.29, 0.717) is 11.3 Å². The third-order valence-electron chi connectivity index (χ3n) is 3.74. The average Bonchev–Trinajstić information content (AvgIpc) is 3.01. The molecule has 4 N–H and O–H groups in total. The van der Waals surface area contributed by atoms with Crippen molar-refractivity contribution in [3.63, 3.8) is 0 Å². The van der Waals surface area contributed by atoms with Crippen LogP contribution >= 0.6 is 11.8 Å². The van der Waals surface area contributed by atoms with Gasteiger partial charge in [0, 0.05) is 11.3 Å². The number of rotatable bonds is 5. The molecule has 1 aromatic heterocycles. The number of aromatic nitrogens is 4. The number of thioether (sulfide) groups is 1. The van der Waals surface area contributed by atoms with E-state index in [2.05, 4.69) is 15.5 Å². The Morgan fingerprint density at radius 3 is 2.82 bits per heavy atom. The SMILES string of the molecule is C[C@H](CC1=C(C(=O)O)N2C(=O)[C@H](CO)[C@H]2S1)n1nnnc1N. The van der Waals surface area contributed by atoms with Gasteiger partial charge in [-0.3, -0.25) is 9.69 Å². The van der Waals surface area contributed by atoms with Crippen LogP contribution in [0, 0.1) is 5.92 Å². The Morgan fingerprint density at radius 2 is 2.27 bits per heavy atom. The number of carbonyl (C=O) groups is 2. The van der Waals surface area contributed by atoms with Gasteiger partial charge >= 0.3 is 5.97 Å². The van der Waals surface area contributed by atoms with Crippen LogP contribution in [0.3, 0.4) is 0 Å². The van der Waals surface area contributed by atoms with Crippen molar-refractivity contribution in [2.75, 3.05) is 12.3 Å². The second-order valence-electron chi connectivity index (χ2n) is 5.12. The number of carboxylic acids is 1. The predicted octanol–water partition coefficient (Wildman–Crippen LogP) is -0.974. The molecule has 0 aromatic carbocycles. The fraction of sp³-hybridized carbons (Fsp3) is 0.545. The van der Waals surface area contributed by atoms with Crippen molar-refractivity contribution in [3.05, 3.63) is 10.6 Å². The number of nitrogen functional groups attached to an aromatic ring is 1. The van der Waals surface area contributed by atoms with Gasteiger partial charge in [0.15, 0.2) is 0 Å². The summed E-state index contributed by atoms with van der Waals surface area (Å²) in [6.07, 6.45) is 0.333. The number of nitrogens with zero attached hydrogens (tertiary/aromatic N) is 5. The number of carboxylic acid groups (broad SMARTS) is 1. The molecular formula is C11H14N6O4S. The molecular weight excluding hydrogens is 312 g/mol. The minimum Gasteiger partial charge on any atom is -0.477 e. The molecule has 22 heavy (non-hydrogen) atoms. The number of hydrogen-bond donors (Lipinski definition) is 3. The Hall–Kier alpha value is -2.14. The van der Waals surface area contributed by atoms with E-state index in [-0.39, 0.29) is 35.6 Å². The van der Waals surface area contributed by atoms with Crippen LogP contribution in [-0.4, -0.2) is 59.2 Å². The molecule has 0 radical (unpaired) electrons.